The molecular formula is C24H33NO5. The lowest BCUT2D eigenvalue weighted by Crippen LogP contribution is -2.23. The maximum atomic E-state index is 11.2. The van der Waals surface area contributed by atoms with Crippen molar-refractivity contribution < 1.29 is 24.9 Å². The normalized spacial score (nSPS) is 14.7. The van der Waals surface area contributed by atoms with Crippen molar-refractivity contribution in [3.05, 3.63) is 47.7 Å². The number of nitrogens with zero attached hydrogens (tertiary/aromatic N) is 1. The number of esters is 1. The van der Waals surface area contributed by atoms with E-state index in [0.29, 0.717) is 24.1 Å². The maximum Gasteiger partial charge on any atom is 0.305 e. The number of carbonyl (C=O) groups is 1. The molecular weight excluding hydrogens is 382 g/mol. The molecule has 0 aliphatic carbocycles. The largest absolute Gasteiger partial charge is 0.469 e. The van der Waals surface area contributed by atoms with Crippen molar-refractivity contribution in [3.63, 3.8) is 0 Å². The molecule has 3 atom stereocenters. The summed E-state index contributed by atoms with van der Waals surface area (Å²) in [7, 11) is 1.32. The SMILES string of the molecule is CCCCCC(O)c1cc2ccccc2nc1/C=C/[C@@H](O)[C@@H](O)CCCC(=O)OC. The van der Waals surface area contributed by atoms with E-state index < -0.39 is 18.3 Å². The first-order valence-corrected chi connectivity index (χ1v) is 10.6. The highest BCUT2D eigenvalue weighted by Crippen LogP contribution is 2.27. The van der Waals surface area contributed by atoms with Crippen LogP contribution in [0.2, 0.25) is 0 Å². The number of aliphatic hydroxyl groups excluding tert-OH is 3. The molecule has 2 aromatic rings. The average Bonchev–Trinajstić information content (AvgIpc) is 2.76. The summed E-state index contributed by atoms with van der Waals surface area (Å²) in [5.41, 5.74) is 2.10. The highest BCUT2D eigenvalue weighted by molar-refractivity contribution is 5.81. The van der Waals surface area contributed by atoms with Gasteiger partial charge in [0.25, 0.3) is 0 Å². The van der Waals surface area contributed by atoms with Gasteiger partial charge in [0.15, 0.2) is 0 Å². The van der Waals surface area contributed by atoms with E-state index in [9.17, 15) is 20.1 Å². The lowest BCUT2D eigenvalue weighted by molar-refractivity contribution is -0.140. The first kappa shape index (κ1) is 24.0. The number of hydrogen-bond acceptors (Lipinski definition) is 6. The fraction of sp³-hybridized carbons (Fsp3) is 0.500. The Labute approximate surface area is 178 Å². The monoisotopic (exact) mass is 415 g/mol. The molecule has 0 radical (unpaired) electrons. The molecule has 164 valence electrons. The van der Waals surface area contributed by atoms with Gasteiger partial charge in [0, 0.05) is 17.4 Å². The van der Waals surface area contributed by atoms with Crippen molar-refractivity contribution in [1.82, 2.24) is 4.98 Å². The van der Waals surface area contributed by atoms with E-state index in [1.54, 1.807) is 6.08 Å². The molecule has 3 N–H and O–H groups in total. The number of hydrogen-bond donors (Lipinski definition) is 3. The zero-order chi connectivity index (χ0) is 21.9. The zero-order valence-electron chi connectivity index (χ0n) is 17.8. The lowest BCUT2D eigenvalue weighted by atomic mass is 9.98. The van der Waals surface area contributed by atoms with Crippen LogP contribution in [0.5, 0.6) is 0 Å². The minimum atomic E-state index is -1.10. The van der Waals surface area contributed by atoms with Gasteiger partial charge in [-0.1, -0.05) is 50.5 Å². The smallest absolute Gasteiger partial charge is 0.305 e. The van der Waals surface area contributed by atoms with Gasteiger partial charge >= 0.3 is 5.97 Å². The number of para-hydroxylation sites is 1. The molecule has 1 aromatic carbocycles. The van der Waals surface area contributed by atoms with Crippen LogP contribution < -0.4 is 0 Å². The molecule has 1 heterocycles. The summed E-state index contributed by atoms with van der Waals surface area (Å²) in [5, 5.41) is 32.1. The summed E-state index contributed by atoms with van der Waals surface area (Å²) in [5.74, 6) is -0.339. The lowest BCUT2D eigenvalue weighted by Gasteiger charge is -2.16. The molecule has 0 amide bonds. The molecule has 2 rings (SSSR count). The summed E-state index contributed by atoms with van der Waals surface area (Å²) in [6, 6.07) is 9.63. The number of benzene rings is 1. The van der Waals surface area contributed by atoms with Crippen LogP contribution in [0.4, 0.5) is 0 Å². The van der Waals surface area contributed by atoms with Gasteiger partial charge in [0.2, 0.25) is 0 Å². The van der Waals surface area contributed by atoms with Crippen LogP contribution >= 0.6 is 0 Å². The van der Waals surface area contributed by atoms with Crippen LogP contribution in [0.1, 0.15) is 69.2 Å². The second-order valence-corrected chi connectivity index (χ2v) is 7.55. The molecule has 0 aliphatic heterocycles. The van der Waals surface area contributed by atoms with E-state index in [4.69, 9.17) is 0 Å². The van der Waals surface area contributed by atoms with Crippen LogP contribution in [0.15, 0.2) is 36.4 Å². The number of unbranched alkanes of at least 4 members (excludes halogenated alkanes) is 2. The Morgan fingerprint density at radius 3 is 2.63 bits per heavy atom. The van der Waals surface area contributed by atoms with Gasteiger partial charge in [-0.15, -0.1) is 0 Å². The Morgan fingerprint density at radius 1 is 1.13 bits per heavy atom. The number of methoxy groups -OCH3 is 1. The zero-order valence-corrected chi connectivity index (χ0v) is 17.8. The first-order valence-electron chi connectivity index (χ1n) is 10.6. The minimum Gasteiger partial charge on any atom is -0.469 e. The van der Waals surface area contributed by atoms with E-state index in [-0.39, 0.29) is 18.8 Å². The second-order valence-electron chi connectivity index (χ2n) is 7.55. The van der Waals surface area contributed by atoms with Crippen molar-refractivity contribution in [2.45, 2.75) is 70.2 Å². The Kier molecular flexibility index (Phi) is 9.94. The van der Waals surface area contributed by atoms with Gasteiger partial charge in [-0.2, -0.15) is 0 Å². The Balaban J connectivity index is 2.15. The van der Waals surface area contributed by atoms with Crippen molar-refractivity contribution in [1.29, 1.82) is 0 Å². The van der Waals surface area contributed by atoms with Crippen LogP contribution in [0.25, 0.3) is 17.0 Å². The number of rotatable bonds is 12. The summed E-state index contributed by atoms with van der Waals surface area (Å²) in [4.78, 5) is 15.8. The van der Waals surface area contributed by atoms with Crippen molar-refractivity contribution >= 4 is 22.9 Å². The molecule has 0 saturated carbocycles. The summed E-state index contributed by atoms with van der Waals surface area (Å²) >= 11 is 0. The van der Waals surface area contributed by atoms with E-state index in [1.165, 1.54) is 13.2 Å². The highest BCUT2D eigenvalue weighted by Gasteiger charge is 2.16. The Morgan fingerprint density at radius 2 is 1.90 bits per heavy atom. The highest BCUT2D eigenvalue weighted by atomic mass is 16.5. The topological polar surface area (TPSA) is 99.9 Å². The van der Waals surface area contributed by atoms with Crippen molar-refractivity contribution in [3.8, 4) is 0 Å². The summed E-state index contributed by atoms with van der Waals surface area (Å²) in [6.45, 7) is 2.12. The maximum absolute atomic E-state index is 11.2. The quantitative estimate of drug-likeness (QED) is 0.359. The number of fused-ring (bicyclic) bond motifs is 1. The van der Waals surface area contributed by atoms with Gasteiger partial charge < -0.3 is 20.1 Å². The third-order valence-corrected chi connectivity index (χ3v) is 5.18. The van der Waals surface area contributed by atoms with Gasteiger partial charge in [-0.05, 0) is 37.5 Å². The van der Waals surface area contributed by atoms with Crippen LogP contribution in [0.3, 0.4) is 0 Å². The van der Waals surface area contributed by atoms with Crippen LogP contribution in [0, 0.1) is 0 Å². The fourth-order valence-electron chi connectivity index (χ4n) is 3.34. The number of ether oxygens (including phenoxy) is 1. The van der Waals surface area contributed by atoms with E-state index in [2.05, 4.69) is 16.6 Å². The van der Waals surface area contributed by atoms with Crippen LogP contribution in [-0.4, -0.2) is 45.6 Å². The fourth-order valence-corrected chi connectivity index (χ4v) is 3.34. The van der Waals surface area contributed by atoms with Gasteiger partial charge in [-0.3, -0.25) is 4.79 Å². The molecule has 6 nitrogen and oxygen atoms in total. The third kappa shape index (κ3) is 7.20. The summed E-state index contributed by atoms with van der Waals surface area (Å²) in [6.07, 6.45) is 5.01. The van der Waals surface area contributed by atoms with Crippen LogP contribution in [-0.2, 0) is 9.53 Å². The first-order chi connectivity index (χ1) is 14.5. The Bertz CT molecular complexity index is 835. The van der Waals surface area contributed by atoms with Crippen molar-refractivity contribution in [2.24, 2.45) is 0 Å². The Hall–Kier alpha value is -2.28. The van der Waals surface area contributed by atoms with Gasteiger partial charge in [0.1, 0.15) is 0 Å². The molecule has 0 saturated heterocycles. The summed E-state index contributed by atoms with van der Waals surface area (Å²) < 4.78 is 4.57. The molecule has 6 heteroatoms. The van der Waals surface area contributed by atoms with Gasteiger partial charge in [0.05, 0.1) is 36.6 Å². The number of aromatic nitrogens is 1. The molecule has 30 heavy (non-hydrogen) atoms. The molecule has 0 bridgehead atoms. The van der Waals surface area contributed by atoms with E-state index in [1.807, 2.05) is 30.3 Å². The van der Waals surface area contributed by atoms with E-state index in [0.717, 1.165) is 30.2 Å². The average molecular weight is 416 g/mol. The van der Waals surface area contributed by atoms with Gasteiger partial charge in [-0.25, -0.2) is 4.98 Å². The third-order valence-electron chi connectivity index (χ3n) is 5.18. The number of aliphatic hydroxyl groups is 3. The molecule has 1 aromatic heterocycles. The molecule has 0 fully saturated rings. The predicted octanol–water partition coefficient (Wildman–Crippen LogP) is 3.93. The predicted molar refractivity (Wildman–Crippen MR) is 118 cm³/mol. The van der Waals surface area contributed by atoms with Crippen molar-refractivity contribution in [2.75, 3.05) is 7.11 Å². The number of carbonyl (C=O) groups excluding carboxylic acids is 1. The standard InChI is InChI=1S/C24H33NO5/c1-3-4-5-11-21(26)18-16-17-9-6-7-10-19(17)25-20(18)14-15-23(28)22(27)12-8-13-24(29)30-2/h6-7,9-10,14-16,21-23,26-28H,3-5,8,11-13H2,1-2H3/b15-14+/t21?,22-,23+/m0/s1. The van der Waals surface area contributed by atoms with E-state index >= 15 is 0 Å². The number of pyridine rings is 1. The second kappa shape index (κ2) is 12.4. The molecule has 0 spiro atoms. The molecule has 0 aliphatic rings. The molecule has 1 unspecified atom stereocenters. The minimum absolute atomic E-state index is 0.199.